The Morgan fingerprint density at radius 2 is 1.89 bits per heavy atom. The van der Waals surface area contributed by atoms with Gasteiger partial charge in [-0.05, 0) is 23.8 Å². The average molecular weight is 254 g/mol. The lowest BCUT2D eigenvalue weighted by atomic mass is 10.0. The highest BCUT2D eigenvalue weighted by Crippen LogP contribution is 2.28. The molecule has 1 aromatic heterocycles. The van der Waals surface area contributed by atoms with Crippen molar-refractivity contribution in [1.29, 1.82) is 0 Å². The second-order valence-corrected chi connectivity index (χ2v) is 4.99. The third kappa shape index (κ3) is 2.12. The van der Waals surface area contributed by atoms with E-state index < -0.39 is 0 Å². The van der Waals surface area contributed by atoms with Crippen LogP contribution >= 0.6 is 0 Å². The molecule has 2 nitrogen and oxygen atoms in total. The van der Waals surface area contributed by atoms with Crippen molar-refractivity contribution in [2.75, 3.05) is 0 Å². The molecule has 0 aliphatic rings. The number of hydrogen-bond acceptors (Lipinski definition) is 1. The Morgan fingerprint density at radius 1 is 1.11 bits per heavy atom. The highest BCUT2D eigenvalue weighted by Gasteiger charge is 2.11. The molecule has 0 atom stereocenters. The fourth-order valence-corrected chi connectivity index (χ4v) is 2.21. The molecule has 0 aliphatic heterocycles. The zero-order valence-electron chi connectivity index (χ0n) is 10.9. The molecule has 3 aromatic rings. The van der Waals surface area contributed by atoms with Gasteiger partial charge in [0.2, 0.25) is 0 Å². The predicted molar refractivity (Wildman–Crippen MR) is 75.6 cm³/mol. The molecule has 19 heavy (non-hydrogen) atoms. The summed E-state index contributed by atoms with van der Waals surface area (Å²) in [4.78, 5) is 7.96. The Labute approximate surface area is 111 Å². The van der Waals surface area contributed by atoms with E-state index in [2.05, 4.69) is 23.8 Å². The number of H-pyrrole nitrogens is 1. The number of nitrogens with one attached hydrogen (secondary N) is 1. The van der Waals surface area contributed by atoms with Crippen LogP contribution < -0.4 is 0 Å². The van der Waals surface area contributed by atoms with Gasteiger partial charge in [-0.25, -0.2) is 9.37 Å². The van der Waals surface area contributed by atoms with Gasteiger partial charge < -0.3 is 4.98 Å². The van der Waals surface area contributed by atoms with E-state index >= 15 is 0 Å². The molecule has 0 amide bonds. The molecular formula is C16H15FN2. The number of hydrogen-bond donors (Lipinski definition) is 1. The molecule has 1 N–H and O–H groups in total. The van der Waals surface area contributed by atoms with Crippen LogP contribution in [0, 0.1) is 5.82 Å². The van der Waals surface area contributed by atoms with Gasteiger partial charge in [0.05, 0.1) is 11.0 Å². The van der Waals surface area contributed by atoms with Gasteiger partial charge in [0.15, 0.2) is 0 Å². The maximum Gasteiger partial charge on any atom is 0.123 e. The van der Waals surface area contributed by atoms with Crippen molar-refractivity contribution in [3.05, 3.63) is 54.1 Å². The number of aromatic amines is 1. The highest BCUT2D eigenvalue weighted by atomic mass is 19.1. The number of para-hydroxylation sites is 1. The van der Waals surface area contributed by atoms with Crippen molar-refractivity contribution in [2.45, 2.75) is 19.8 Å². The van der Waals surface area contributed by atoms with Crippen molar-refractivity contribution in [1.82, 2.24) is 9.97 Å². The Kier molecular flexibility index (Phi) is 2.82. The maximum atomic E-state index is 13.4. The minimum Gasteiger partial charge on any atom is -0.342 e. The summed E-state index contributed by atoms with van der Waals surface area (Å²) >= 11 is 0. The lowest BCUT2D eigenvalue weighted by Gasteiger charge is -2.02. The molecule has 0 aliphatic carbocycles. The quantitative estimate of drug-likeness (QED) is 0.717. The van der Waals surface area contributed by atoms with E-state index in [-0.39, 0.29) is 5.82 Å². The van der Waals surface area contributed by atoms with Crippen LogP contribution in [-0.4, -0.2) is 9.97 Å². The van der Waals surface area contributed by atoms with Crippen LogP contribution in [0.3, 0.4) is 0 Å². The SMILES string of the molecule is CC(C)c1nc2c(-c3cccc(F)c3)cccc2[nH]1. The maximum absolute atomic E-state index is 13.4. The van der Waals surface area contributed by atoms with E-state index in [0.717, 1.165) is 28.0 Å². The van der Waals surface area contributed by atoms with Gasteiger partial charge in [0.25, 0.3) is 0 Å². The van der Waals surface area contributed by atoms with Crippen molar-refractivity contribution in [3.8, 4) is 11.1 Å². The fourth-order valence-electron chi connectivity index (χ4n) is 2.21. The van der Waals surface area contributed by atoms with E-state index in [1.54, 1.807) is 12.1 Å². The molecular weight excluding hydrogens is 239 g/mol. The van der Waals surface area contributed by atoms with Gasteiger partial charge in [0, 0.05) is 11.5 Å². The number of rotatable bonds is 2. The van der Waals surface area contributed by atoms with E-state index in [9.17, 15) is 4.39 Å². The van der Waals surface area contributed by atoms with Crippen LogP contribution in [-0.2, 0) is 0 Å². The van der Waals surface area contributed by atoms with Crippen molar-refractivity contribution in [2.24, 2.45) is 0 Å². The van der Waals surface area contributed by atoms with Gasteiger partial charge in [-0.2, -0.15) is 0 Å². The number of imidazole rings is 1. The lowest BCUT2D eigenvalue weighted by molar-refractivity contribution is 0.628. The number of fused-ring (bicyclic) bond motifs is 1. The number of halogens is 1. The molecule has 3 heteroatoms. The monoisotopic (exact) mass is 254 g/mol. The van der Waals surface area contributed by atoms with E-state index in [1.165, 1.54) is 6.07 Å². The normalized spacial score (nSPS) is 11.4. The summed E-state index contributed by atoms with van der Waals surface area (Å²) in [6.07, 6.45) is 0. The summed E-state index contributed by atoms with van der Waals surface area (Å²) in [6.45, 7) is 4.19. The summed E-state index contributed by atoms with van der Waals surface area (Å²) in [5, 5.41) is 0. The molecule has 0 bridgehead atoms. The molecule has 3 rings (SSSR count). The molecule has 0 saturated heterocycles. The second kappa shape index (κ2) is 4.50. The van der Waals surface area contributed by atoms with Gasteiger partial charge in [-0.15, -0.1) is 0 Å². The van der Waals surface area contributed by atoms with Gasteiger partial charge >= 0.3 is 0 Å². The summed E-state index contributed by atoms with van der Waals surface area (Å²) in [5.41, 5.74) is 3.70. The lowest BCUT2D eigenvalue weighted by Crippen LogP contribution is -1.88. The number of aromatic nitrogens is 2. The van der Waals surface area contributed by atoms with Crippen LogP contribution in [0.25, 0.3) is 22.2 Å². The summed E-state index contributed by atoms with van der Waals surface area (Å²) in [7, 11) is 0. The Balaban J connectivity index is 2.23. The van der Waals surface area contributed by atoms with Crippen LogP contribution in [0.5, 0.6) is 0 Å². The van der Waals surface area contributed by atoms with Crippen LogP contribution in [0.2, 0.25) is 0 Å². The van der Waals surface area contributed by atoms with Crippen LogP contribution in [0.15, 0.2) is 42.5 Å². The summed E-state index contributed by atoms with van der Waals surface area (Å²) in [6, 6.07) is 12.6. The van der Waals surface area contributed by atoms with E-state index in [1.807, 2.05) is 24.3 Å². The first-order valence-electron chi connectivity index (χ1n) is 6.39. The minimum atomic E-state index is -0.228. The zero-order valence-corrected chi connectivity index (χ0v) is 10.9. The second-order valence-electron chi connectivity index (χ2n) is 4.99. The first-order chi connectivity index (χ1) is 9.15. The van der Waals surface area contributed by atoms with Crippen molar-refractivity contribution >= 4 is 11.0 Å². The molecule has 1 heterocycles. The third-order valence-corrected chi connectivity index (χ3v) is 3.21. The summed E-state index contributed by atoms with van der Waals surface area (Å²) in [5.74, 6) is 1.07. The zero-order chi connectivity index (χ0) is 13.4. The topological polar surface area (TPSA) is 28.7 Å². The first kappa shape index (κ1) is 11.9. The van der Waals surface area contributed by atoms with Crippen LogP contribution in [0.1, 0.15) is 25.6 Å². The summed E-state index contributed by atoms with van der Waals surface area (Å²) < 4.78 is 13.4. The predicted octanol–water partition coefficient (Wildman–Crippen LogP) is 4.49. The standard InChI is InChI=1S/C16H15FN2/c1-10(2)16-18-14-8-4-7-13(15(14)19-16)11-5-3-6-12(17)9-11/h3-10H,1-2H3,(H,18,19). The molecule has 0 fully saturated rings. The van der Waals surface area contributed by atoms with Gasteiger partial charge in [-0.3, -0.25) is 0 Å². The smallest absolute Gasteiger partial charge is 0.123 e. The van der Waals surface area contributed by atoms with Crippen LogP contribution in [0.4, 0.5) is 4.39 Å². The third-order valence-electron chi connectivity index (χ3n) is 3.21. The van der Waals surface area contributed by atoms with Crippen molar-refractivity contribution < 1.29 is 4.39 Å². The van der Waals surface area contributed by atoms with Crippen molar-refractivity contribution in [3.63, 3.8) is 0 Å². The van der Waals surface area contributed by atoms with Gasteiger partial charge in [0.1, 0.15) is 11.6 Å². The minimum absolute atomic E-state index is 0.228. The Hall–Kier alpha value is -2.16. The Bertz CT molecular complexity index is 728. The molecule has 96 valence electrons. The molecule has 2 aromatic carbocycles. The largest absolute Gasteiger partial charge is 0.342 e. The molecule has 0 unspecified atom stereocenters. The average Bonchev–Trinajstić information content (AvgIpc) is 2.82. The van der Waals surface area contributed by atoms with E-state index in [4.69, 9.17) is 0 Å². The molecule has 0 saturated carbocycles. The number of benzene rings is 2. The molecule has 0 radical (unpaired) electrons. The first-order valence-corrected chi connectivity index (χ1v) is 6.39. The highest BCUT2D eigenvalue weighted by molar-refractivity contribution is 5.92. The number of nitrogens with zero attached hydrogens (tertiary/aromatic N) is 1. The Morgan fingerprint density at radius 3 is 2.63 bits per heavy atom. The van der Waals surface area contributed by atoms with Gasteiger partial charge in [-0.1, -0.05) is 38.1 Å². The molecule has 0 spiro atoms. The van der Waals surface area contributed by atoms with E-state index in [0.29, 0.717) is 5.92 Å². The fraction of sp³-hybridized carbons (Fsp3) is 0.188.